The second-order valence-corrected chi connectivity index (χ2v) is 11.1. The molecule has 0 radical (unpaired) electrons. The van der Waals surface area contributed by atoms with Crippen LogP contribution >= 0.6 is 23.5 Å². The summed E-state index contributed by atoms with van der Waals surface area (Å²) in [6, 6.07) is 17.6. The van der Waals surface area contributed by atoms with Gasteiger partial charge >= 0.3 is 0 Å². The van der Waals surface area contributed by atoms with E-state index in [1.807, 2.05) is 42.1 Å². The number of rotatable bonds is 8. The highest BCUT2D eigenvalue weighted by Gasteiger charge is 2.24. The first kappa shape index (κ1) is 23.5. The van der Waals surface area contributed by atoms with Crippen molar-refractivity contribution in [3.8, 4) is 23.0 Å². The van der Waals surface area contributed by atoms with E-state index in [1.165, 1.54) is 42.2 Å². The van der Waals surface area contributed by atoms with Crippen molar-refractivity contribution in [2.45, 2.75) is 30.9 Å². The Morgan fingerprint density at radius 1 is 1.00 bits per heavy atom. The number of phenols is 1. The molecule has 178 valence electrons. The predicted octanol–water partition coefficient (Wildman–Crippen LogP) is 7.58. The maximum atomic E-state index is 9.97. The average molecular weight is 494 g/mol. The first-order valence-corrected chi connectivity index (χ1v) is 14.1. The van der Waals surface area contributed by atoms with Crippen LogP contribution in [0.3, 0.4) is 0 Å². The van der Waals surface area contributed by atoms with Crippen molar-refractivity contribution in [2.24, 2.45) is 0 Å². The Bertz CT molecular complexity index is 1160. The summed E-state index contributed by atoms with van der Waals surface area (Å²) in [6.07, 6.45) is 9.38. The first-order chi connectivity index (χ1) is 16.7. The van der Waals surface area contributed by atoms with Crippen molar-refractivity contribution in [1.82, 2.24) is 4.90 Å². The van der Waals surface area contributed by atoms with Crippen LogP contribution in [0.2, 0.25) is 0 Å². The summed E-state index contributed by atoms with van der Waals surface area (Å²) < 4.78 is 13.9. The van der Waals surface area contributed by atoms with Gasteiger partial charge in [-0.1, -0.05) is 24.6 Å². The zero-order chi connectivity index (χ0) is 23.3. The molecule has 0 amide bonds. The van der Waals surface area contributed by atoms with Crippen LogP contribution in [0, 0.1) is 0 Å². The van der Waals surface area contributed by atoms with E-state index in [2.05, 4.69) is 29.4 Å². The standard InChI is InChI=1S/C28H31NO3S2/c1-33-27-14-13-26(34-27)25-11-5-20-19-21(30)6-12-24(20)28(25)32-23-9-7-22(8-10-23)31-18-17-29-15-3-2-4-16-29/h5-12,14,19,26,30H,2-4,13,15-18H2,1H3. The van der Waals surface area contributed by atoms with Gasteiger partial charge in [0, 0.05) is 27.0 Å². The van der Waals surface area contributed by atoms with Crippen LogP contribution in [0.25, 0.3) is 10.8 Å². The van der Waals surface area contributed by atoms with E-state index in [-0.39, 0.29) is 5.75 Å². The van der Waals surface area contributed by atoms with Gasteiger partial charge in [0.05, 0.1) is 0 Å². The van der Waals surface area contributed by atoms with Gasteiger partial charge in [-0.05, 0) is 86.5 Å². The normalized spacial score (nSPS) is 18.7. The number of fused-ring (bicyclic) bond motifs is 1. The van der Waals surface area contributed by atoms with E-state index >= 15 is 0 Å². The molecular formula is C28H31NO3S2. The molecule has 3 aromatic carbocycles. The summed E-state index contributed by atoms with van der Waals surface area (Å²) in [5.41, 5.74) is 1.19. The molecule has 34 heavy (non-hydrogen) atoms. The molecule has 1 saturated heterocycles. The number of thioether (sulfide) groups is 2. The summed E-state index contributed by atoms with van der Waals surface area (Å²) in [6.45, 7) is 4.07. The van der Waals surface area contributed by atoms with Crippen LogP contribution < -0.4 is 9.47 Å². The van der Waals surface area contributed by atoms with Crippen LogP contribution in [-0.2, 0) is 0 Å². The first-order valence-electron chi connectivity index (χ1n) is 12.0. The highest BCUT2D eigenvalue weighted by atomic mass is 32.2. The van der Waals surface area contributed by atoms with Crippen LogP contribution in [-0.4, -0.2) is 42.5 Å². The van der Waals surface area contributed by atoms with Crippen LogP contribution in [0.5, 0.6) is 23.0 Å². The number of nitrogens with zero attached hydrogens (tertiary/aromatic N) is 1. The Labute approximate surface area is 210 Å². The zero-order valence-corrected chi connectivity index (χ0v) is 21.2. The molecule has 0 saturated carbocycles. The molecule has 1 fully saturated rings. The number of piperidine rings is 1. The van der Waals surface area contributed by atoms with Gasteiger partial charge in [-0.2, -0.15) is 0 Å². The molecule has 3 aromatic rings. The fraction of sp³-hybridized carbons (Fsp3) is 0.357. The zero-order valence-electron chi connectivity index (χ0n) is 19.5. The fourth-order valence-electron chi connectivity index (χ4n) is 4.63. The summed E-state index contributed by atoms with van der Waals surface area (Å²) >= 11 is 3.69. The Hall–Kier alpha value is -2.28. The molecule has 1 unspecified atom stereocenters. The van der Waals surface area contributed by atoms with Crippen molar-refractivity contribution in [3.63, 3.8) is 0 Å². The third-order valence-corrected chi connectivity index (χ3v) is 8.95. The van der Waals surface area contributed by atoms with E-state index < -0.39 is 0 Å². The smallest absolute Gasteiger partial charge is 0.139 e. The largest absolute Gasteiger partial charge is 0.508 e. The Morgan fingerprint density at radius 3 is 2.56 bits per heavy atom. The second-order valence-electron chi connectivity index (χ2n) is 8.78. The summed E-state index contributed by atoms with van der Waals surface area (Å²) in [5, 5.41) is 12.3. The van der Waals surface area contributed by atoms with Crippen molar-refractivity contribution < 1.29 is 14.6 Å². The minimum Gasteiger partial charge on any atom is -0.508 e. The lowest BCUT2D eigenvalue weighted by Gasteiger charge is -2.26. The van der Waals surface area contributed by atoms with Gasteiger partial charge in [0.2, 0.25) is 0 Å². The molecule has 0 spiro atoms. The van der Waals surface area contributed by atoms with Crippen molar-refractivity contribution >= 4 is 34.3 Å². The molecule has 2 aliphatic rings. The number of benzene rings is 3. The number of hydrogen-bond donors (Lipinski definition) is 1. The molecule has 6 heteroatoms. The quantitative estimate of drug-likeness (QED) is 0.349. The second kappa shape index (κ2) is 11.0. The maximum absolute atomic E-state index is 9.97. The highest BCUT2D eigenvalue weighted by molar-refractivity contribution is 8.22. The molecule has 5 rings (SSSR count). The molecule has 4 nitrogen and oxygen atoms in total. The van der Waals surface area contributed by atoms with E-state index in [9.17, 15) is 5.11 Å². The van der Waals surface area contributed by atoms with Crippen molar-refractivity contribution in [3.05, 3.63) is 70.5 Å². The molecule has 0 aromatic heterocycles. The fourth-order valence-corrected chi connectivity index (χ4v) is 6.61. The summed E-state index contributed by atoms with van der Waals surface area (Å²) in [5.74, 6) is 2.78. The monoisotopic (exact) mass is 493 g/mol. The number of ether oxygens (including phenoxy) is 2. The van der Waals surface area contributed by atoms with E-state index in [0.29, 0.717) is 11.9 Å². The maximum Gasteiger partial charge on any atom is 0.139 e. The lowest BCUT2D eigenvalue weighted by molar-refractivity contribution is 0.183. The molecular weight excluding hydrogens is 462 g/mol. The third-order valence-electron chi connectivity index (χ3n) is 6.46. The molecule has 1 atom stereocenters. The lowest BCUT2D eigenvalue weighted by atomic mass is 10.0. The van der Waals surface area contributed by atoms with Gasteiger partial charge in [-0.25, -0.2) is 0 Å². The number of allylic oxidation sites excluding steroid dienone is 1. The molecule has 2 aliphatic heterocycles. The van der Waals surface area contributed by atoms with Crippen LogP contribution in [0.4, 0.5) is 0 Å². The SMILES string of the molecule is CSC1=CCC(c2ccc3cc(O)ccc3c2Oc2ccc(OCCN3CCCCC3)cc2)S1. The molecule has 0 bridgehead atoms. The number of phenolic OH excluding ortho intramolecular Hbond substituents is 1. The minimum atomic E-state index is 0.263. The van der Waals surface area contributed by atoms with Gasteiger partial charge in [0.25, 0.3) is 0 Å². The predicted molar refractivity (Wildman–Crippen MR) is 144 cm³/mol. The van der Waals surface area contributed by atoms with E-state index in [1.54, 1.807) is 23.9 Å². The van der Waals surface area contributed by atoms with Gasteiger partial charge in [0.1, 0.15) is 29.6 Å². The molecule has 0 aliphatic carbocycles. The van der Waals surface area contributed by atoms with Gasteiger partial charge < -0.3 is 14.6 Å². The van der Waals surface area contributed by atoms with Crippen LogP contribution in [0.15, 0.2) is 64.9 Å². The minimum absolute atomic E-state index is 0.263. The summed E-state index contributed by atoms with van der Waals surface area (Å²) in [4.78, 5) is 2.49. The number of likely N-dealkylation sites (tertiary alicyclic amines) is 1. The van der Waals surface area contributed by atoms with Crippen molar-refractivity contribution in [1.29, 1.82) is 0 Å². The Kier molecular flexibility index (Phi) is 7.57. The molecule has 1 N–H and O–H groups in total. The van der Waals surface area contributed by atoms with Gasteiger partial charge in [0.15, 0.2) is 0 Å². The highest BCUT2D eigenvalue weighted by Crippen LogP contribution is 2.51. The Morgan fingerprint density at radius 2 is 1.79 bits per heavy atom. The number of hydrogen-bond acceptors (Lipinski definition) is 6. The molecule has 2 heterocycles. The average Bonchev–Trinajstić information content (AvgIpc) is 3.35. The van der Waals surface area contributed by atoms with Crippen LogP contribution in [0.1, 0.15) is 36.5 Å². The third kappa shape index (κ3) is 5.51. The van der Waals surface area contributed by atoms with E-state index in [4.69, 9.17) is 9.47 Å². The Balaban J connectivity index is 1.32. The lowest BCUT2D eigenvalue weighted by Crippen LogP contribution is -2.33. The topological polar surface area (TPSA) is 41.9 Å². The summed E-state index contributed by atoms with van der Waals surface area (Å²) in [7, 11) is 0. The van der Waals surface area contributed by atoms with Crippen molar-refractivity contribution in [2.75, 3.05) is 32.5 Å². The number of aromatic hydroxyl groups is 1. The van der Waals surface area contributed by atoms with E-state index in [0.717, 1.165) is 41.0 Å². The van der Waals surface area contributed by atoms with Gasteiger partial charge in [-0.3, -0.25) is 4.90 Å². The van der Waals surface area contributed by atoms with Gasteiger partial charge in [-0.15, -0.1) is 23.5 Å².